The average molecular weight is 363 g/mol. The molecule has 0 aliphatic rings. The van der Waals surface area contributed by atoms with Crippen molar-refractivity contribution in [3.05, 3.63) is 96.1 Å². The van der Waals surface area contributed by atoms with Gasteiger partial charge < -0.3 is 4.84 Å². The molecule has 134 valence electrons. The molecule has 0 N–H and O–H groups in total. The maximum absolute atomic E-state index is 12.2. The Bertz CT molecular complexity index is 1340. The molecule has 0 unspecified atom stereocenters. The van der Waals surface area contributed by atoms with Crippen LogP contribution in [0.5, 0.6) is 0 Å². The fraction of sp³-hybridized carbons (Fsp3) is 0.0400. The maximum atomic E-state index is 12.2. The summed E-state index contributed by atoms with van der Waals surface area (Å²) >= 11 is 0. The third-order valence-corrected chi connectivity index (χ3v) is 5.19. The van der Waals surface area contributed by atoms with E-state index in [0.717, 1.165) is 10.9 Å². The van der Waals surface area contributed by atoms with Crippen molar-refractivity contribution in [3.63, 3.8) is 0 Å². The standard InChI is InChI=1S/C25H17NO2/c1-16(26-28-25(27)20-6-3-2-4-7-20)21-14-12-19-11-10-17-8-5-9-18-13-15-22(21)24(19)23(17)18/h2-15H,1H3/b26-16+. The maximum Gasteiger partial charge on any atom is 0.365 e. The molecule has 5 aromatic rings. The number of carbonyl (C=O) groups is 1. The minimum Gasteiger partial charge on any atom is -0.313 e. The Morgan fingerprint density at radius 1 is 0.714 bits per heavy atom. The van der Waals surface area contributed by atoms with Crippen LogP contribution in [0.4, 0.5) is 0 Å². The summed E-state index contributed by atoms with van der Waals surface area (Å²) in [6.07, 6.45) is 0. The van der Waals surface area contributed by atoms with Crippen LogP contribution >= 0.6 is 0 Å². The Hall–Kier alpha value is -3.72. The van der Waals surface area contributed by atoms with Gasteiger partial charge in [-0.15, -0.1) is 0 Å². The topological polar surface area (TPSA) is 38.7 Å². The Morgan fingerprint density at radius 3 is 2.11 bits per heavy atom. The van der Waals surface area contributed by atoms with Gasteiger partial charge in [0.05, 0.1) is 11.3 Å². The first-order valence-electron chi connectivity index (χ1n) is 9.20. The number of hydrogen-bond donors (Lipinski definition) is 0. The zero-order chi connectivity index (χ0) is 19.1. The third kappa shape index (κ3) is 2.60. The van der Waals surface area contributed by atoms with Crippen LogP contribution in [0.3, 0.4) is 0 Å². The number of carbonyl (C=O) groups excluding carboxylic acids is 1. The van der Waals surface area contributed by atoms with E-state index in [4.69, 9.17) is 4.84 Å². The minimum atomic E-state index is -0.460. The van der Waals surface area contributed by atoms with Crippen molar-refractivity contribution in [1.29, 1.82) is 0 Å². The van der Waals surface area contributed by atoms with E-state index in [9.17, 15) is 4.79 Å². The summed E-state index contributed by atoms with van der Waals surface area (Å²) in [6.45, 7) is 1.87. The molecule has 5 rings (SSSR count). The van der Waals surface area contributed by atoms with Gasteiger partial charge in [0.1, 0.15) is 0 Å². The predicted molar refractivity (Wildman–Crippen MR) is 114 cm³/mol. The number of oxime groups is 1. The van der Waals surface area contributed by atoms with Crippen LogP contribution in [0, 0.1) is 0 Å². The summed E-state index contributed by atoms with van der Waals surface area (Å²) in [7, 11) is 0. The van der Waals surface area contributed by atoms with Gasteiger partial charge >= 0.3 is 5.97 Å². The summed E-state index contributed by atoms with van der Waals surface area (Å²) < 4.78 is 0. The van der Waals surface area contributed by atoms with Gasteiger partial charge in [-0.3, -0.25) is 0 Å². The van der Waals surface area contributed by atoms with Crippen molar-refractivity contribution < 1.29 is 9.63 Å². The van der Waals surface area contributed by atoms with Gasteiger partial charge in [0.25, 0.3) is 0 Å². The lowest BCUT2D eigenvalue weighted by Crippen LogP contribution is -2.04. The Morgan fingerprint density at radius 2 is 1.36 bits per heavy atom. The lowest BCUT2D eigenvalue weighted by molar-refractivity contribution is 0.0516. The second-order valence-corrected chi connectivity index (χ2v) is 6.89. The van der Waals surface area contributed by atoms with E-state index in [1.54, 1.807) is 24.3 Å². The second-order valence-electron chi connectivity index (χ2n) is 6.89. The van der Waals surface area contributed by atoms with E-state index < -0.39 is 5.97 Å². The first-order chi connectivity index (χ1) is 13.7. The van der Waals surface area contributed by atoms with E-state index >= 15 is 0 Å². The molecule has 0 bridgehead atoms. The molecule has 0 aliphatic heterocycles. The van der Waals surface area contributed by atoms with Crippen molar-refractivity contribution in [2.75, 3.05) is 0 Å². The van der Waals surface area contributed by atoms with Crippen molar-refractivity contribution in [2.45, 2.75) is 6.92 Å². The summed E-state index contributed by atoms with van der Waals surface area (Å²) in [4.78, 5) is 17.4. The molecular formula is C25H17NO2. The van der Waals surface area contributed by atoms with Crippen molar-refractivity contribution in [2.24, 2.45) is 5.16 Å². The zero-order valence-corrected chi connectivity index (χ0v) is 15.3. The van der Waals surface area contributed by atoms with Gasteiger partial charge in [-0.25, -0.2) is 4.79 Å². The molecule has 3 nitrogen and oxygen atoms in total. The molecule has 3 heteroatoms. The third-order valence-electron chi connectivity index (χ3n) is 5.19. The lowest BCUT2D eigenvalue weighted by Gasteiger charge is -2.13. The summed E-state index contributed by atoms with van der Waals surface area (Å²) in [5.74, 6) is -0.460. The molecule has 0 saturated carbocycles. The molecule has 0 fully saturated rings. The van der Waals surface area contributed by atoms with Crippen LogP contribution in [0.25, 0.3) is 32.3 Å². The van der Waals surface area contributed by atoms with Crippen LogP contribution < -0.4 is 0 Å². The molecule has 0 aromatic heterocycles. The first-order valence-corrected chi connectivity index (χ1v) is 9.20. The Kier molecular flexibility index (Phi) is 3.80. The molecule has 0 saturated heterocycles. The smallest absolute Gasteiger partial charge is 0.313 e. The van der Waals surface area contributed by atoms with Crippen molar-refractivity contribution in [3.8, 4) is 0 Å². The zero-order valence-electron chi connectivity index (χ0n) is 15.3. The monoisotopic (exact) mass is 363 g/mol. The fourth-order valence-electron chi connectivity index (χ4n) is 3.84. The second kappa shape index (κ2) is 6.46. The van der Waals surface area contributed by atoms with Crippen LogP contribution in [-0.4, -0.2) is 11.7 Å². The molecule has 0 heterocycles. The SMILES string of the molecule is C/C(=N\OC(=O)c1ccccc1)c1ccc2ccc3cccc4ccc1c2c34. The normalized spacial score (nSPS) is 12.1. The van der Waals surface area contributed by atoms with E-state index in [2.05, 4.69) is 53.7 Å². The van der Waals surface area contributed by atoms with Crippen LogP contribution in [0.2, 0.25) is 0 Å². The molecule has 0 atom stereocenters. The summed E-state index contributed by atoms with van der Waals surface area (Å²) in [5.41, 5.74) is 2.11. The Labute approximate surface area is 162 Å². The van der Waals surface area contributed by atoms with Crippen molar-refractivity contribution >= 4 is 44.0 Å². The van der Waals surface area contributed by atoms with Crippen LogP contribution in [0.15, 0.2) is 90.1 Å². The number of nitrogens with zero attached hydrogens (tertiary/aromatic N) is 1. The fourth-order valence-corrected chi connectivity index (χ4v) is 3.84. The highest BCUT2D eigenvalue weighted by Gasteiger charge is 2.13. The van der Waals surface area contributed by atoms with Gasteiger partial charge in [-0.2, -0.15) is 0 Å². The average Bonchev–Trinajstić information content (AvgIpc) is 2.76. The lowest BCUT2D eigenvalue weighted by atomic mass is 9.91. The molecule has 0 radical (unpaired) electrons. The van der Waals surface area contributed by atoms with Crippen molar-refractivity contribution in [1.82, 2.24) is 0 Å². The highest BCUT2D eigenvalue weighted by atomic mass is 16.7. The van der Waals surface area contributed by atoms with E-state index in [0.29, 0.717) is 11.3 Å². The number of benzene rings is 5. The molecule has 28 heavy (non-hydrogen) atoms. The predicted octanol–water partition coefficient (Wildman–Crippen LogP) is 6.17. The van der Waals surface area contributed by atoms with E-state index in [1.165, 1.54) is 26.9 Å². The van der Waals surface area contributed by atoms with Gasteiger partial charge in [0, 0.05) is 5.56 Å². The quantitative estimate of drug-likeness (QED) is 0.166. The van der Waals surface area contributed by atoms with Gasteiger partial charge in [0.15, 0.2) is 0 Å². The van der Waals surface area contributed by atoms with Gasteiger partial charge in [-0.05, 0) is 51.4 Å². The summed E-state index contributed by atoms with van der Waals surface area (Å²) in [6, 6.07) is 27.9. The Balaban J connectivity index is 1.61. The molecule has 5 aromatic carbocycles. The molecule has 0 amide bonds. The summed E-state index contributed by atoms with van der Waals surface area (Å²) in [5, 5.41) is 11.3. The first kappa shape index (κ1) is 16.5. The van der Waals surface area contributed by atoms with Gasteiger partial charge in [0.2, 0.25) is 0 Å². The molecule has 0 aliphatic carbocycles. The van der Waals surface area contributed by atoms with Crippen LogP contribution in [-0.2, 0) is 4.84 Å². The molecule has 0 spiro atoms. The largest absolute Gasteiger partial charge is 0.365 e. The molecular weight excluding hydrogens is 346 g/mol. The number of hydrogen-bond acceptors (Lipinski definition) is 3. The van der Waals surface area contributed by atoms with E-state index in [1.807, 2.05) is 19.1 Å². The van der Waals surface area contributed by atoms with E-state index in [-0.39, 0.29) is 0 Å². The van der Waals surface area contributed by atoms with Crippen LogP contribution in [0.1, 0.15) is 22.8 Å². The minimum absolute atomic E-state index is 0.460. The highest BCUT2D eigenvalue weighted by molar-refractivity contribution is 6.26. The number of rotatable bonds is 3. The highest BCUT2D eigenvalue weighted by Crippen LogP contribution is 2.36. The van der Waals surface area contributed by atoms with Gasteiger partial charge in [-0.1, -0.05) is 78.0 Å².